The fraction of sp³-hybridized carbons (Fsp3) is 0.300. The van der Waals surface area contributed by atoms with E-state index in [1.807, 2.05) is 42.5 Å². The number of rotatable bonds is 8. The number of nitrogens with one attached hydrogen (secondary N) is 2. The van der Waals surface area contributed by atoms with Gasteiger partial charge >= 0.3 is 0 Å². The summed E-state index contributed by atoms with van der Waals surface area (Å²) in [6.45, 7) is 4.88. The van der Waals surface area contributed by atoms with Gasteiger partial charge in [0.2, 0.25) is 5.95 Å². The van der Waals surface area contributed by atoms with Crippen molar-refractivity contribution in [1.29, 1.82) is 0 Å². The maximum atomic E-state index is 9.61. The predicted octanol–water partition coefficient (Wildman–Crippen LogP) is 4.25. The van der Waals surface area contributed by atoms with Gasteiger partial charge in [-0.1, -0.05) is 50.2 Å². The summed E-state index contributed by atoms with van der Waals surface area (Å²) in [4.78, 5) is 10.5. The summed E-state index contributed by atoms with van der Waals surface area (Å²) in [7, 11) is 0. The van der Waals surface area contributed by atoms with Gasteiger partial charge in [0.1, 0.15) is 5.82 Å². The van der Waals surface area contributed by atoms with Crippen molar-refractivity contribution in [2.45, 2.75) is 26.4 Å². The minimum atomic E-state index is -0.0915. The molecule has 0 saturated heterocycles. The summed E-state index contributed by atoms with van der Waals surface area (Å²) in [5, 5.41) is 18.3. The Morgan fingerprint density at radius 1 is 1.08 bits per heavy atom. The first-order chi connectivity index (χ1) is 12.7. The van der Waals surface area contributed by atoms with Gasteiger partial charge in [-0.3, -0.25) is 0 Å². The van der Waals surface area contributed by atoms with E-state index in [-0.39, 0.29) is 18.6 Å². The lowest BCUT2D eigenvalue weighted by Crippen LogP contribution is -2.30. The predicted molar refractivity (Wildman–Crippen MR) is 108 cm³/mol. The Morgan fingerprint density at radius 2 is 1.88 bits per heavy atom. The van der Waals surface area contributed by atoms with E-state index in [9.17, 15) is 5.11 Å². The second-order valence-electron chi connectivity index (χ2n) is 6.44. The molecule has 0 aliphatic carbocycles. The Bertz CT molecular complexity index is 806. The summed E-state index contributed by atoms with van der Waals surface area (Å²) < 4.78 is 0. The molecule has 3 aromatic rings. The molecule has 136 valence electrons. The lowest BCUT2D eigenvalue weighted by atomic mass is 10.1. The lowest BCUT2D eigenvalue weighted by molar-refractivity contribution is 0.248. The maximum absolute atomic E-state index is 9.61. The van der Waals surface area contributed by atoms with Crippen LogP contribution < -0.4 is 10.6 Å². The second kappa shape index (κ2) is 8.78. The van der Waals surface area contributed by atoms with Gasteiger partial charge < -0.3 is 15.7 Å². The van der Waals surface area contributed by atoms with Crippen LogP contribution in [0.5, 0.6) is 0 Å². The van der Waals surface area contributed by atoms with Crippen LogP contribution in [0.15, 0.2) is 53.9 Å². The van der Waals surface area contributed by atoms with Gasteiger partial charge in [-0.05, 0) is 17.4 Å². The van der Waals surface area contributed by atoms with Gasteiger partial charge in [0.15, 0.2) is 0 Å². The molecule has 6 heteroatoms. The highest BCUT2D eigenvalue weighted by Crippen LogP contribution is 2.23. The zero-order valence-electron chi connectivity index (χ0n) is 15.0. The summed E-state index contributed by atoms with van der Waals surface area (Å²) >= 11 is 1.71. The van der Waals surface area contributed by atoms with Crippen LogP contribution >= 0.6 is 11.3 Å². The Morgan fingerprint density at radius 3 is 2.54 bits per heavy atom. The van der Waals surface area contributed by atoms with Crippen molar-refractivity contribution < 1.29 is 5.11 Å². The fourth-order valence-electron chi connectivity index (χ4n) is 2.54. The van der Waals surface area contributed by atoms with Gasteiger partial charge in [0, 0.05) is 16.5 Å². The van der Waals surface area contributed by atoms with Crippen molar-refractivity contribution >= 4 is 23.1 Å². The van der Waals surface area contributed by atoms with Crippen LogP contribution in [-0.2, 0) is 6.54 Å². The van der Waals surface area contributed by atoms with Crippen LogP contribution in [0.2, 0.25) is 0 Å². The topological polar surface area (TPSA) is 70.1 Å². The molecular formula is C20H24N4OS. The van der Waals surface area contributed by atoms with Crippen molar-refractivity contribution in [2.24, 2.45) is 5.92 Å². The molecule has 0 radical (unpaired) electrons. The second-order valence-corrected chi connectivity index (χ2v) is 7.47. The van der Waals surface area contributed by atoms with E-state index in [0.717, 1.165) is 23.6 Å². The van der Waals surface area contributed by atoms with E-state index < -0.39 is 0 Å². The molecule has 0 amide bonds. The zero-order valence-corrected chi connectivity index (χ0v) is 15.8. The first-order valence-corrected chi connectivity index (χ1v) is 9.62. The number of thiophene rings is 1. The summed E-state index contributed by atoms with van der Waals surface area (Å²) in [6, 6.07) is 16.0. The Kier molecular flexibility index (Phi) is 6.20. The average molecular weight is 369 g/mol. The third kappa shape index (κ3) is 4.80. The fourth-order valence-corrected chi connectivity index (χ4v) is 3.18. The molecule has 3 N–H and O–H groups in total. The summed E-state index contributed by atoms with van der Waals surface area (Å²) in [6.07, 6.45) is 0. The maximum Gasteiger partial charge on any atom is 0.225 e. The number of hydrogen-bond acceptors (Lipinski definition) is 6. The minimum Gasteiger partial charge on any atom is -0.394 e. The molecule has 5 nitrogen and oxygen atoms in total. The van der Waals surface area contributed by atoms with E-state index in [1.165, 1.54) is 4.88 Å². The largest absolute Gasteiger partial charge is 0.394 e. The molecule has 0 saturated carbocycles. The van der Waals surface area contributed by atoms with E-state index in [4.69, 9.17) is 0 Å². The van der Waals surface area contributed by atoms with E-state index in [2.05, 4.69) is 45.9 Å². The van der Waals surface area contributed by atoms with Crippen LogP contribution in [0, 0.1) is 5.92 Å². The third-order valence-corrected chi connectivity index (χ3v) is 5.01. The number of anilines is 2. The van der Waals surface area contributed by atoms with Crippen molar-refractivity contribution in [3.8, 4) is 11.3 Å². The molecule has 3 rings (SSSR count). The van der Waals surface area contributed by atoms with Crippen LogP contribution in [0.3, 0.4) is 0 Å². The molecule has 0 bridgehead atoms. The highest BCUT2D eigenvalue weighted by molar-refractivity contribution is 7.09. The average Bonchev–Trinajstić information content (AvgIpc) is 3.18. The highest BCUT2D eigenvalue weighted by atomic mass is 32.1. The van der Waals surface area contributed by atoms with Crippen LogP contribution in [0.4, 0.5) is 11.8 Å². The number of benzene rings is 1. The normalized spacial score (nSPS) is 12.2. The van der Waals surface area contributed by atoms with Crippen LogP contribution in [0.1, 0.15) is 18.7 Å². The molecule has 2 heterocycles. The van der Waals surface area contributed by atoms with Crippen molar-refractivity contribution in [3.63, 3.8) is 0 Å². The summed E-state index contributed by atoms with van der Waals surface area (Å²) in [5.41, 5.74) is 1.87. The highest BCUT2D eigenvalue weighted by Gasteiger charge is 2.15. The lowest BCUT2D eigenvalue weighted by Gasteiger charge is -2.20. The van der Waals surface area contributed by atoms with Crippen molar-refractivity contribution in [3.05, 3.63) is 58.8 Å². The number of nitrogens with zero attached hydrogens (tertiary/aromatic N) is 2. The van der Waals surface area contributed by atoms with Gasteiger partial charge in [-0.2, -0.15) is 4.98 Å². The zero-order chi connectivity index (χ0) is 18.4. The third-order valence-electron chi connectivity index (χ3n) is 4.14. The molecule has 0 aliphatic heterocycles. The molecular weight excluding hydrogens is 344 g/mol. The minimum absolute atomic E-state index is 0.0363. The smallest absolute Gasteiger partial charge is 0.225 e. The number of hydrogen-bond donors (Lipinski definition) is 3. The van der Waals surface area contributed by atoms with Gasteiger partial charge in [0.05, 0.1) is 24.9 Å². The molecule has 0 spiro atoms. The molecule has 0 fully saturated rings. The molecule has 2 aromatic heterocycles. The van der Waals surface area contributed by atoms with E-state index in [0.29, 0.717) is 5.95 Å². The van der Waals surface area contributed by atoms with Crippen LogP contribution in [-0.4, -0.2) is 27.7 Å². The van der Waals surface area contributed by atoms with Crippen LogP contribution in [0.25, 0.3) is 11.3 Å². The van der Waals surface area contributed by atoms with Gasteiger partial charge in [-0.15, -0.1) is 11.3 Å². The quantitative estimate of drug-likeness (QED) is 0.555. The first kappa shape index (κ1) is 18.4. The Labute approximate surface area is 158 Å². The standard InChI is InChI=1S/C20H24N4OS/c1-14(2)18(13-25)23-20-22-17(15-7-4-3-5-8-15)11-19(24-20)21-12-16-9-6-10-26-16/h3-11,14,18,25H,12-13H2,1-2H3,(H2,21,22,23,24)/t18-/m0/s1. The van der Waals surface area contributed by atoms with Gasteiger partial charge in [0.25, 0.3) is 0 Å². The Balaban J connectivity index is 1.88. The number of aliphatic hydroxyl groups excluding tert-OH is 1. The molecule has 0 unspecified atom stereocenters. The van der Waals surface area contributed by atoms with Crippen molar-refractivity contribution in [2.75, 3.05) is 17.2 Å². The van der Waals surface area contributed by atoms with E-state index in [1.54, 1.807) is 11.3 Å². The van der Waals surface area contributed by atoms with Crippen molar-refractivity contribution in [1.82, 2.24) is 9.97 Å². The first-order valence-electron chi connectivity index (χ1n) is 8.74. The molecule has 1 aromatic carbocycles. The molecule has 1 atom stereocenters. The number of aromatic nitrogens is 2. The Hall–Kier alpha value is -2.44. The molecule has 0 aliphatic rings. The summed E-state index contributed by atoms with van der Waals surface area (Å²) in [5.74, 6) is 1.55. The SMILES string of the molecule is CC(C)[C@H](CO)Nc1nc(NCc2cccs2)cc(-c2ccccc2)n1. The van der Waals surface area contributed by atoms with E-state index >= 15 is 0 Å². The monoisotopic (exact) mass is 368 g/mol. The molecule has 26 heavy (non-hydrogen) atoms. The number of aliphatic hydroxyl groups is 1. The van der Waals surface area contributed by atoms with Gasteiger partial charge in [-0.25, -0.2) is 4.98 Å².